The number of unbranched alkanes of at least 4 members (excludes halogenated alkanes) is 1. The van der Waals surface area contributed by atoms with Crippen LogP contribution >= 0.6 is 0 Å². The molecule has 2 amide bonds. The molecule has 2 saturated heterocycles. The molecule has 0 aromatic heterocycles. The van der Waals surface area contributed by atoms with Crippen molar-refractivity contribution in [3.63, 3.8) is 0 Å². The lowest BCUT2D eigenvalue weighted by molar-refractivity contribution is -0.143. The number of hydrogen-bond donors (Lipinski definition) is 1. The van der Waals surface area contributed by atoms with Gasteiger partial charge >= 0.3 is 0 Å². The summed E-state index contributed by atoms with van der Waals surface area (Å²) in [6.07, 6.45) is 6.66. The van der Waals surface area contributed by atoms with Gasteiger partial charge in [-0.2, -0.15) is 0 Å². The Hall–Kier alpha value is -2.08. The van der Waals surface area contributed by atoms with Gasteiger partial charge in [0.05, 0.1) is 19.1 Å². The first kappa shape index (κ1) is 24.6. The number of nitrogens with one attached hydrogen (secondary N) is 1. The molecule has 1 aromatic carbocycles. The number of likely N-dealkylation sites (tertiary alicyclic amines) is 2. The Balaban J connectivity index is 1.81. The third kappa shape index (κ3) is 5.64. The summed E-state index contributed by atoms with van der Waals surface area (Å²) in [6.45, 7) is 10.0. The van der Waals surface area contributed by atoms with Crippen molar-refractivity contribution >= 4 is 11.8 Å². The van der Waals surface area contributed by atoms with Gasteiger partial charge in [0.25, 0.3) is 0 Å². The van der Waals surface area contributed by atoms with E-state index in [2.05, 4.69) is 31.0 Å². The van der Waals surface area contributed by atoms with Crippen LogP contribution in [0.25, 0.3) is 0 Å². The van der Waals surface area contributed by atoms with Gasteiger partial charge in [0.2, 0.25) is 11.8 Å². The molecule has 2 heterocycles. The van der Waals surface area contributed by atoms with Gasteiger partial charge in [0, 0.05) is 30.6 Å². The molecule has 2 aliphatic heterocycles. The van der Waals surface area contributed by atoms with Crippen LogP contribution in [0.5, 0.6) is 5.75 Å². The van der Waals surface area contributed by atoms with Crippen molar-refractivity contribution < 1.29 is 14.3 Å². The molecule has 2 aliphatic rings. The van der Waals surface area contributed by atoms with Crippen molar-refractivity contribution in [2.24, 2.45) is 5.92 Å². The summed E-state index contributed by atoms with van der Waals surface area (Å²) in [6, 6.07) is 7.51. The third-order valence-electron chi connectivity index (χ3n) is 7.16. The van der Waals surface area contributed by atoms with Gasteiger partial charge in [-0.15, -0.1) is 0 Å². The van der Waals surface area contributed by atoms with Gasteiger partial charge in [0.1, 0.15) is 5.75 Å². The summed E-state index contributed by atoms with van der Waals surface area (Å²) in [5.74, 6) is 0.630. The third-order valence-corrected chi connectivity index (χ3v) is 7.16. The highest BCUT2D eigenvalue weighted by Gasteiger charge is 2.42. The molecule has 2 atom stereocenters. The van der Waals surface area contributed by atoms with E-state index < -0.39 is 0 Å². The van der Waals surface area contributed by atoms with Crippen LogP contribution in [-0.2, 0) is 9.59 Å². The second-order valence-electron chi connectivity index (χ2n) is 9.85. The number of para-hydroxylation sites is 1. The van der Waals surface area contributed by atoms with E-state index in [4.69, 9.17) is 4.74 Å². The quantitative estimate of drug-likeness (QED) is 0.623. The summed E-state index contributed by atoms with van der Waals surface area (Å²) in [5.41, 5.74) is 0.845. The molecule has 6 nitrogen and oxygen atoms in total. The van der Waals surface area contributed by atoms with Crippen LogP contribution in [0.3, 0.4) is 0 Å². The molecular weight excluding hydrogens is 402 g/mol. The molecular formula is C26H41N3O3. The smallest absolute Gasteiger partial charge is 0.225 e. The van der Waals surface area contributed by atoms with Gasteiger partial charge in [-0.3, -0.25) is 14.5 Å². The normalized spacial score (nSPS) is 22.6. The number of carbonyl (C=O) groups is 2. The molecule has 0 spiro atoms. The van der Waals surface area contributed by atoms with E-state index in [0.717, 1.165) is 37.2 Å². The Morgan fingerprint density at radius 2 is 1.91 bits per heavy atom. The van der Waals surface area contributed by atoms with Gasteiger partial charge in [-0.1, -0.05) is 38.0 Å². The highest BCUT2D eigenvalue weighted by molar-refractivity contribution is 5.85. The van der Waals surface area contributed by atoms with Crippen molar-refractivity contribution in [2.45, 2.75) is 77.3 Å². The minimum atomic E-state index is -0.294. The molecule has 0 aliphatic carbocycles. The van der Waals surface area contributed by atoms with Gasteiger partial charge < -0.3 is 15.0 Å². The predicted octanol–water partition coefficient (Wildman–Crippen LogP) is 4.16. The molecule has 2 fully saturated rings. The monoisotopic (exact) mass is 443 g/mol. The van der Waals surface area contributed by atoms with E-state index in [9.17, 15) is 9.59 Å². The number of methoxy groups -OCH3 is 1. The Bertz CT molecular complexity index is 773. The minimum absolute atomic E-state index is 0.0417. The number of carbonyl (C=O) groups excluding carboxylic acids is 2. The number of rotatable bonds is 9. The first-order valence-electron chi connectivity index (χ1n) is 12.3. The average Bonchev–Trinajstić information content (AvgIpc) is 2.82. The van der Waals surface area contributed by atoms with Gasteiger partial charge in [0.15, 0.2) is 0 Å². The lowest BCUT2D eigenvalue weighted by atomic mass is 9.82. The van der Waals surface area contributed by atoms with Crippen LogP contribution in [-0.4, -0.2) is 60.4 Å². The predicted molar refractivity (Wildman–Crippen MR) is 128 cm³/mol. The highest BCUT2D eigenvalue weighted by atomic mass is 16.5. The van der Waals surface area contributed by atoms with Crippen LogP contribution in [0, 0.1) is 5.92 Å². The van der Waals surface area contributed by atoms with Crippen LogP contribution < -0.4 is 10.1 Å². The van der Waals surface area contributed by atoms with E-state index in [0.29, 0.717) is 25.9 Å². The zero-order chi connectivity index (χ0) is 23.1. The number of hydrogen-bond acceptors (Lipinski definition) is 4. The maximum atomic E-state index is 13.5. The van der Waals surface area contributed by atoms with Crippen molar-refractivity contribution in [1.29, 1.82) is 0 Å². The Kier molecular flexibility index (Phi) is 8.57. The van der Waals surface area contributed by atoms with E-state index in [1.807, 2.05) is 29.2 Å². The Morgan fingerprint density at radius 1 is 1.19 bits per heavy atom. The second-order valence-corrected chi connectivity index (χ2v) is 9.85. The SMILES string of the molecule is CCCCN1C(=O)CCC(C(=O)NCC(C)(C)N2CCCCC2)C1c1ccccc1OC. The highest BCUT2D eigenvalue weighted by Crippen LogP contribution is 2.41. The second kappa shape index (κ2) is 11.2. The topological polar surface area (TPSA) is 61.9 Å². The maximum absolute atomic E-state index is 13.5. The molecule has 0 bridgehead atoms. The number of piperidine rings is 2. The molecule has 1 aromatic rings. The van der Waals surface area contributed by atoms with Crippen LogP contribution in [0.4, 0.5) is 0 Å². The summed E-state index contributed by atoms with van der Waals surface area (Å²) < 4.78 is 5.63. The molecule has 0 radical (unpaired) electrons. The summed E-state index contributed by atoms with van der Waals surface area (Å²) in [4.78, 5) is 30.9. The molecule has 32 heavy (non-hydrogen) atoms. The fourth-order valence-corrected chi connectivity index (χ4v) is 5.16. The standard InChI is InChI=1S/C26H41N3O3/c1-5-6-18-29-23(30)15-14-21(24(29)20-12-8-9-13-22(20)32-4)25(31)27-19-26(2,3)28-16-10-7-11-17-28/h8-9,12-13,21,24H,5-7,10-11,14-19H2,1-4H3,(H,27,31). The van der Waals surface area contributed by atoms with Crippen molar-refractivity contribution in [2.75, 3.05) is 33.3 Å². The van der Waals surface area contributed by atoms with Gasteiger partial charge in [-0.05, 0) is 58.7 Å². The zero-order valence-corrected chi connectivity index (χ0v) is 20.4. The van der Waals surface area contributed by atoms with Crippen molar-refractivity contribution in [1.82, 2.24) is 15.1 Å². The summed E-state index contributed by atoms with van der Waals surface area (Å²) in [5, 5.41) is 3.26. The van der Waals surface area contributed by atoms with Crippen LogP contribution in [0.1, 0.15) is 77.3 Å². The average molecular weight is 444 g/mol. The fraction of sp³-hybridized carbons (Fsp3) is 0.692. The van der Waals surface area contributed by atoms with Crippen molar-refractivity contribution in [3.05, 3.63) is 29.8 Å². The summed E-state index contributed by atoms with van der Waals surface area (Å²) in [7, 11) is 1.65. The fourth-order valence-electron chi connectivity index (χ4n) is 5.16. The molecule has 1 N–H and O–H groups in total. The number of amides is 2. The zero-order valence-electron chi connectivity index (χ0n) is 20.4. The molecule has 2 unspecified atom stereocenters. The lowest BCUT2D eigenvalue weighted by Crippen LogP contribution is -2.55. The number of ether oxygens (including phenoxy) is 1. The van der Waals surface area contributed by atoms with Crippen molar-refractivity contribution in [3.8, 4) is 5.75 Å². The minimum Gasteiger partial charge on any atom is -0.496 e. The van der Waals surface area contributed by atoms with Crippen LogP contribution in [0.15, 0.2) is 24.3 Å². The first-order valence-corrected chi connectivity index (χ1v) is 12.3. The Morgan fingerprint density at radius 3 is 2.59 bits per heavy atom. The van der Waals surface area contributed by atoms with Crippen LogP contribution in [0.2, 0.25) is 0 Å². The molecule has 6 heteroatoms. The first-order chi connectivity index (χ1) is 15.4. The maximum Gasteiger partial charge on any atom is 0.225 e. The van der Waals surface area contributed by atoms with Gasteiger partial charge in [-0.25, -0.2) is 0 Å². The largest absolute Gasteiger partial charge is 0.496 e. The summed E-state index contributed by atoms with van der Waals surface area (Å²) >= 11 is 0. The molecule has 3 rings (SSSR count). The molecule has 178 valence electrons. The van der Waals surface area contributed by atoms with E-state index >= 15 is 0 Å². The van der Waals surface area contributed by atoms with E-state index in [1.165, 1.54) is 19.3 Å². The van der Waals surface area contributed by atoms with E-state index in [1.54, 1.807) is 7.11 Å². The Labute approximate surface area is 193 Å². The molecule has 0 saturated carbocycles. The lowest BCUT2D eigenvalue weighted by Gasteiger charge is -2.43. The number of benzene rings is 1. The van der Waals surface area contributed by atoms with E-state index in [-0.39, 0.29) is 29.3 Å². The number of nitrogens with zero attached hydrogens (tertiary/aromatic N) is 2.